The Bertz CT molecular complexity index is 1320. The predicted molar refractivity (Wildman–Crippen MR) is 120 cm³/mol. The van der Waals surface area contributed by atoms with Gasteiger partial charge in [-0.25, -0.2) is 9.18 Å². The number of rotatable bonds is 5. The number of nitrogen functional groups attached to an aromatic ring is 1. The summed E-state index contributed by atoms with van der Waals surface area (Å²) < 4.78 is 18.9. The van der Waals surface area contributed by atoms with Crippen LogP contribution in [-0.4, -0.2) is 17.1 Å². The van der Waals surface area contributed by atoms with Crippen LogP contribution in [0.5, 0.6) is 0 Å². The molecule has 0 unspecified atom stereocenters. The number of anilines is 3. The predicted octanol–water partition coefficient (Wildman–Crippen LogP) is 4.78. The van der Waals surface area contributed by atoms with Crippen LogP contribution in [0.2, 0.25) is 5.02 Å². The van der Waals surface area contributed by atoms with Crippen LogP contribution in [0.15, 0.2) is 65.2 Å². The number of amides is 3. The van der Waals surface area contributed by atoms with Crippen molar-refractivity contribution in [3.05, 3.63) is 82.6 Å². The molecule has 0 aliphatic rings. The molecule has 8 nitrogen and oxygen atoms in total. The lowest BCUT2D eigenvalue weighted by molar-refractivity contribution is 0.102. The zero-order chi connectivity index (χ0) is 22.7. The molecule has 0 spiro atoms. The molecule has 0 saturated heterocycles. The minimum atomic E-state index is -0.638. The lowest BCUT2D eigenvalue weighted by Crippen LogP contribution is -2.28. The van der Waals surface area contributed by atoms with E-state index in [-0.39, 0.29) is 29.0 Å². The summed E-state index contributed by atoms with van der Waals surface area (Å²) in [5.74, 6) is -0.890. The topological polar surface area (TPSA) is 122 Å². The minimum absolute atomic E-state index is 0.00935. The number of benzene rings is 3. The van der Waals surface area contributed by atoms with Gasteiger partial charge in [-0.1, -0.05) is 35.0 Å². The molecule has 5 N–H and O–H groups in total. The highest BCUT2D eigenvalue weighted by Crippen LogP contribution is 2.25. The van der Waals surface area contributed by atoms with Crippen molar-refractivity contribution in [1.29, 1.82) is 0 Å². The van der Waals surface area contributed by atoms with Crippen molar-refractivity contribution < 1.29 is 18.5 Å². The Morgan fingerprint density at radius 3 is 2.69 bits per heavy atom. The van der Waals surface area contributed by atoms with Gasteiger partial charge in [0.1, 0.15) is 5.82 Å². The summed E-state index contributed by atoms with van der Waals surface area (Å²) in [4.78, 5) is 24.8. The van der Waals surface area contributed by atoms with Crippen LogP contribution in [-0.2, 0) is 6.54 Å². The number of hydrogen-bond acceptors (Lipinski definition) is 5. The molecule has 0 radical (unpaired) electrons. The van der Waals surface area contributed by atoms with E-state index in [9.17, 15) is 14.0 Å². The summed E-state index contributed by atoms with van der Waals surface area (Å²) in [6, 6.07) is 15.3. The second-order valence-electron chi connectivity index (χ2n) is 6.83. The van der Waals surface area contributed by atoms with Gasteiger partial charge >= 0.3 is 6.03 Å². The van der Waals surface area contributed by atoms with Crippen molar-refractivity contribution in [2.75, 3.05) is 16.4 Å². The third kappa shape index (κ3) is 4.62. The molecular formula is C22H17ClFN5O3. The Morgan fingerprint density at radius 2 is 1.88 bits per heavy atom. The number of nitrogens with zero attached hydrogens (tertiary/aromatic N) is 1. The second-order valence-corrected chi connectivity index (χ2v) is 7.27. The Morgan fingerprint density at radius 1 is 1.06 bits per heavy atom. The van der Waals surface area contributed by atoms with Crippen molar-refractivity contribution in [3.8, 4) is 0 Å². The number of carbonyl (C=O) groups excluding carboxylic acids is 2. The first-order valence-electron chi connectivity index (χ1n) is 9.45. The molecule has 0 saturated carbocycles. The molecule has 3 amide bonds. The molecule has 10 heteroatoms. The van der Waals surface area contributed by atoms with Crippen LogP contribution in [0.3, 0.4) is 0 Å². The van der Waals surface area contributed by atoms with E-state index in [1.165, 1.54) is 12.1 Å². The molecule has 0 bridgehead atoms. The fraction of sp³-hybridized carbons (Fsp3) is 0.0455. The van der Waals surface area contributed by atoms with Crippen LogP contribution in [0.25, 0.3) is 11.0 Å². The lowest BCUT2D eigenvalue weighted by Gasteiger charge is -2.10. The molecule has 0 fully saturated rings. The molecule has 162 valence electrons. The summed E-state index contributed by atoms with van der Waals surface area (Å²) >= 11 is 5.70. The number of aromatic nitrogens is 1. The maximum atomic E-state index is 13.8. The number of halogens is 2. The Hall–Kier alpha value is -4.11. The summed E-state index contributed by atoms with van der Waals surface area (Å²) in [7, 11) is 0. The Labute approximate surface area is 186 Å². The Balaban J connectivity index is 1.40. The summed E-state index contributed by atoms with van der Waals surface area (Å²) in [5, 5.41) is 12.2. The average molecular weight is 454 g/mol. The highest BCUT2D eigenvalue weighted by atomic mass is 35.5. The molecule has 1 heterocycles. The van der Waals surface area contributed by atoms with Crippen molar-refractivity contribution >= 4 is 51.7 Å². The van der Waals surface area contributed by atoms with Gasteiger partial charge in [0.25, 0.3) is 5.91 Å². The average Bonchev–Trinajstić information content (AvgIpc) is 3.15. The van der Waals surface area contributed by atoms with Gasteiger partial charge in [-0.3, -0.25) is 4.79 Å². The zero-order valence-corrected chi connectivity index (χ0v) is 17.2. The van der Waals surface area contributed by atoms with Crippen molar-refractivity contribution in [1.82, 2.24) is 10.5 Å². The number of fused-ring (bicyclic) bond motifs is 1. The van der Waals surface area contributed by atoms with E-state index >= 15 is 0 Å². The first-order chi connectivity index (χ1) is 15.4. The molecular weight excluding hydrogens is 437 g/mol. The Kier molecular flexibility index (Phi) is 5.91. The van der Waals surface area contributed by atoms with Gasteiger partial charge in [-0.2, -0.15) is 0 Å². The van der Waals surface area contributed by atoms with Gasteiger partial charge in [0.2, 0.25) is 0 Å². The fourth-order valence-corrected chi connectivity index (χ4v) is 3.26. The molecule has 4 aromatic rings. The maximum absolute atomic E-state index is 13.8. The standard InChI is InChI=1S/C22H17ClFN5O3/c23-13-7-8-17(16(24)10-13)28-22(31)26-11-12-3-1-4-14(9-12)27-21(30)15-5-2-6-18-19(15)20(25)29-32-18/h1-10H,11H2,(H2,25,29)(H,27,30)(H2,26,28,31). The lowest BCUT2D eigenvalue weighted by atomic mass is 10.1. The number of nitrogens with two attached hydrogens (primary N) is 1. The fourth-order valence-electron chi connectivity index (χ4n) is 3.10. The van der Waals surface area contributed by atoms with Crippen molar-refractivity contribution in [3.63, 3.8) is 0 Å². The molecule has 0 atom stereocenters. The minimum Gasteiger partial charge on any atom is -0.380 e. The van der Waals surface area contributed by atoms with E-state index in [0.717, 1.165) is 11.6 Å². The number of urea groups is 1. The second kappa shape index (κ2) is 8.94. The maximum Gasteiger partial charge on any atom is 0.319 e. The van der Waals surface area contributed by atoms with E-state index in [1.807, 2.05) is 0 Å². The van der Waals surface area contributed by atoms with Crippen LogP contribution < -0.4 is 21.7 Å². The first-order valence-corrected chi connectivity index (χ1v) is 9.82. The normalized spacial score (nSPS) is 10.7. The summed E-state index contributed by atoms with van der Waals surface area (Å²) in [6.07, 6.45) is 0. The summed E-state index contributed by atoms with van der Waals surface area (Å²) in [6.45, 7) is 0.152. The van der Waals surface area contributed by atoms with E-state index in [1.54, 1.807) is 42.5 Å². The third-order valence-electron chi connectivity index (χ3n) is 4.59. The monoisotopic (exact) mass is 453 g/mol. The van der Waals surface area contributed by atoms with Crippen molar-refractivity contribution in [2.45, 2.75) is 6.54 Å². The van der Waals surface area contributed by atoms with Gasteiger partial charge in [-0.05, 0) is 48.0 Å². The highest BCUT2D eigenvalue weighted by Gasteiger charge is 2.16. The number of nitrogens with one attached hydrogen (secondary N) is 3. The van der Waals surface area contributed by atoms with Crippen LogP contribution in [0, 0.1) is 5.82 Å². The largest absolute Gasteiger partial charge is 0.380 e. The van der Waals surface area contributed by atoms with Crippen molar-refractivity contribution in [2.24, 2.45) is 0 Å². The quantitative estimate of drug-likeness (QED) is 0.346. The number of hydrogen-bond donors (Lipinski definition) is 4. The first kappa shape index (κ1) is 21.1. The number of carbonyl (C=O) groups is 2. The highest BCUT2D eigenvalue weighted by molar-refractivity contribution is 6.30. The van der Waals surface area contributed by atoms with E-state index < -0.39 is 11.8 Å². The van der Waals surface area contributed by atoms with Gasteiger partial charge in [-0.15, -0.1) is 0 Å². The van der Waals surface area contributed by atoms with E-state index in [0.29, 0.717) is 22.2 Å². The smallest absolute Gasteiger partial charge is 0.319 e. The van der Waals surface area contributed by atoms with Crippen LogP contribution in [0.1, 0.15) is 15.9 Å². The molecule has 0 aliphatic heterocycles. The van der Waals surface area contributed by atoms with E-state index in [2.05, 4.69) is 21.1 Å². The van der Waals surface area contributed by atoms with Gasteiger partial charge in [0.05, 0.1) is 16.6 Å². The molecule has 0 aliphatic carbocycles. The SMILES string of the molecule is Nc1noc2cccc(C(=O)Nc3cccc(CNC(=O)Nc4ccc(Cl)cc4F)c3)c12. The van der Waals surface area contributed by atoms with E-state index in [4.69, 9.17) is 21.9 Å². The van der Waals surface area contributed by atoms with Crippen LogP contribution >= 0.6 is 11.6 Å². The zero-order valence-electron chi connectivity index (χ0n) is 16.5. The van der Waals surface area contributed by atoms with Crippen LogP contribution in [0.4, 0.5) is 26.4 Å². The van der Waals surface area contributed by atoms with Gasteiger partial charge in [0, 0.05) is 17.3 Å². The van der Waals surface area contributed by atoms with Gasteiger partial charge < -0.3 is 26.2 Å². The third-order valence-corrected chi connectivity index (χ3v) is 4.82. The molecule has 3 aromatic carbocycles. The molecule has 32 heavy (non-hydrogen) atoms. The van der Waals surface area contributed by atoms with Gasteiger partial charge in [0.15, 0.2) is 11.4 Å². The molecule has 1 aromatic heterocycles. The summed E-state index contributed by atoms with van der Waals surface area (Å²) in [5.41, 5.74) is 7.80. The molecule has 4 rings (SSSR count).